The summed E-state index contributed by atoms with van der Waals surface area (Å²) in [5, 5.41) is 8.99. The summed E-state index contributed by atoms with van der Waals surface area (Å²) in [6.07, 6.45) is 2.57. The Morgan fingerprint density at radius 3 is 2.94 bits per heavy atom. The van der Waals surface area contributed by atoms with Gasteiger partial charge in [-0.05, 0) is 25.0 Å². The van der Waals surface area contributed by atoms with Crippen LogP contribution in [0.1, 0.15) is 30.7 Å². The van der Waals surface area contributed by atoms with Gasteiger partial charge in [0.15, 0.2) is 0 Å². The van der Waals surface area contributed by atoms with E-state index >= 15 is 0 Å². The highest BCUT2D eigenvalue weighted by Crippen LogP contribution is 2.22. The number of aromatic nitrogens is 2. The molecular formula is C14H15N3. The van der Waals surface area contributed by atoms with Crippen LogP contribution in [0.2, 0.25) is 0 Å². The molecule has 0 aliphatic carbocycles. The Morgan fingerprint density at radius 2 is 2.29 bits per heavy atom. The van der Waals surface area contributed by atoms with Crippen LogP contribution in [0.15, 0.2) is 30.5 Å². The molecule has 0 aliphatic heterocycles. The molecule has 2 aromatic rings. The highest BCUT2D eigenvalue weighted by molar-refractivity contribution is 5.59. The maximum Gasteiger partial charge on any atom is 0.123 e. The topological polar surface area (TPSA) is 52.5 Å². The third-order valence-corrected chi connectivity index (χ3v) is 2.82. The van der Waals surface area contributed by atoms with Gasteiger partial charge < -0.3 is 4.98 Å². The van der Waals surface area contributed by atoms with Crippen LogP contribution in [-0.2, 0) is 0 Å². The molecule has 0 saturated heterocycles. The highest BCUT2D eigenvalue weighted by atomic mass is 14.9. The van der Waals surface area contributed by atoms with E-state index in [1.807, 2.05) is 19.1 Å². The fraction of sp³-hybridized carbons (Fsp3) is 0.286. The van der Waals surface area contributed by atoms with Crippen LogP contribution in [0.4, 0.5) is 0 Å². The fourth-order valence-electron chi connectivity index (χ4n) is 1.82. The Kier molecular flexibility index (Phi) is 3.24. The molecule has 0 saturated carbocycles. The lowest BCUT2D eigenvalue weighted by Crippen LogP contribution is -1.95. The van der Waals surface area contributed by atoms with Gasteiger partial charge >= 0.3 is 0 Å². The molecule has 17 heavy (non-hydrogen) atoms. The van der Waals surface area contributed by atoms with Crippen LogP contribution >= 0.6 is 0 Å². The smallest absolute Gasteiger partial charge is 0.123 e. The third kappa shape index (κ3) is 2.36. The summed E-state index contributed by atoms with van der Waals surface area (Å²) >= 11 is 0. The average Bonchev–Trinajstić information content (AvgIpc) is 2.80. The van der Waals surface area contributed by atoms with Crippen molar-refractivity contribution in [3.8, 4) is 17.3 Å². The number of H-pyrrole nitrogens is 1. The first kappa shape index (κ1) is 11.4. The molecule has 1 aromatic carbocycles. The first-order valence-electron chi connectivity index (χ1n) is 5.76. The average molecular weight is 225 g/mol. The van der Waals surface area contributed by atoms with Crippen molar-refractivity contribution in [2.75, 3.05) is 0 Å². The SMILES string of the molecule is CCC(C#N)c1ncc(-c2cccc(C)c2)[nH]1. The van der Waals surface area contributed by atoms with E-state index < -0.39 is 0 Å². The molecule has 0 fully saturated rings. The summed E-state index contributed by atoms with van der Waals surface area (Å²) in [7, 11) is 0. The minimum Gasteiger partial charge on any atom is -0.341 e. The van der Waals surface area contributed by atoms with Crippen molar-refractivity contribution in [1.82, 2.24) is 9.97 Å². The van der Waals surface area contributed by atoms with E-state index in [4.69, 9.17) is 5.26 Å². The van der Waals surface area contributed by atoms with Crippen molar-refractivity contribution in [1.29, 1.82) is 5.26 Å². The second kappa shape index (κ2) is 4.84. The molecule has 0 aliphatic rings. The lowest BCUT2D eigenvalue weighted by molar-refractivity contribution is 0.766. The standard InChI is InChI=1S/C14H15N3/c1-3-11(8-15)14-16-9-13(17-14)12-6-4-5-10(2)7-12/h4-7,9,11H,3H2,1-2H3,(H,16,17). The van der Waals surface area contributed by atoms with E-state index in [1.165, 1.54) is 5.56 Å². The van der Waals surface area contributed by atoms with E-state index in [0.717, 1.165) is 23.5 Å². The van der Waals surface area contributed by atoms with Crippen molar-refractivity contribution in [2.45, 2.75) is 26.2 Å². The van der Waals surface area contributed by atoms with Crippen molar-refractivity contribution in [2.24, 2.45) is 0 Å². The molecule has 1 unspecified atom stereocenters. The Morgan fingerprint density at radius 1 is 1.47 bits per heavy atom. The Hall–Kier alpha value is -2.08. The first-order valence-corrected chi connectivity index (χ1v) is 5.76. The summed E-state index contributed by atoms with van der Waals surface area (Å²) in [4.78, 5) is 7.51. The lowest BCUT2D eigenvalue weighted by atomic mass is 10.1. The van der Waals surface area contributed by atoms with Gasteiger partial charge in [-0.2, -0.15) is 5.26 Å². The van der Waals surface area contributed by atoms with E-state index in [1.54, 1.807) is 6.20 Å². The third-order valence-electron chi connectivity index (χ3n) is 2.82. The van der Waals surface area contributed by atoms with Gasteiger partial charge in [0.25, 0.3) is 0 Å². The molecule has 0 bridgehead atoms. The zero-order chi connectivity index (χ0) is 12.3. The molecule has 0 amide bonds. The van der Waals surface area contributed by atoms with Crippen molar-refractivity contribution in [3.63, 3.8) is 0 Å². The number of hydrogen-bond donors (Lipinski definition) is 1. The van der Waals surface area contributed by atoms with Crippen molar-refractivity contribution in [3.05, 3.63) is 41.9 Å². The molecule has 2 rings (SSSR count). The first-order chi connectivity index (χ1) is 8.24. The number of nitrogens with zero attached hydrogens (tertiary/aromatic N) is 2. The minimum atomic E-state index is -0.145. The summed E-state index contributed by atoms with van der Waals surface area (Å²) in [6, 6.07) is 10.5. The van der Waals surface area contributed by atoms with Gasteiger partial charge in [-0.1, -0.05) is 30.7 Å². The number of aryl methyl sites for hydroxylation is 1. The quantitative estimate of drug-likeness (QED) is 0.870. The van der Waals surface area contributed by atoms with Gasteiger partial charge in [0.05, 0.1) is 18.0 Å². The molecular weight excluding hydrogens is 210 g/mol. The Balaban J connectivity index is 2.33. The molecule has 3 heteroatoms. The second-order valence-corrected chi connectivity index (χ2v) is 4.14. The van der Waals surface area contributed by atoms with Crippen molar-refractivity contribution < 1.29 is 0 Å². The molecule has 1 aromatic heterocycles. The summed E-state index contributed by atoms with van der Waals surface area (Å²) in [5.41, 5.74) is 3.29. The van der Waals surface area contributed by atoms with Crippen LogP contribution in [-0.4, -0.2) is 9.97 Å². The van der Waals surface area contributed by atoms with Crippen molar-refractivity contribution >= 4 is 0 Å². The molecule has 0 radical (unpaired) electrons. The molecule has 3 nitrogen and oxygen atoms in total. The number of nitrogens with one attached hydrogen (secondary N) is 1. The van der Waals surface area contributed by atoms with Crippen LogP contribution in [0.25, 0.3) is 11.3 Å². The summed E-state index contributed by atoms with van der Waals surface area (Å²) in [5.74, 6) is 0.611. The van der Waals surface area contributed by atoms with Gasteiger partial charge in [-0.3, -0.25) is 0 Å². The number of rotatable bonds is 3. The van der Waals surface area contributed by atoms with Crippen LogP contribution in [0.5, 0.6) is 0 Å². The van der Waals surface area contributed by atoms with Gasteiger partial charge in [0.2, 0.25) is 0 Å². The zero-order valence-corrected chi connectivity index (χ0v) is 10.1. The molecule has 1 N–H and O–H groups in total. The van der Waals surface area contributed by atoms with Gasteiger partial charge in [-0.25, -0.2) is 4.98 Å². The van der Waals surface area contributed by atoms with Gasteiger partial charge in [-0.15, -0.1) is 0 Å². The second-order valence-electron chi connectivity index (χ2n) is 4.14. The maximum atomic E-state index is 8.99. The van der Waals surface area contributed by atoms with E-state index in [9.17, 15) is 0 Å². The van der Waals surface area contributed by atoms with Gasteiger partial charge in [0, 0.05) is 0 Å². The monoisotopic (exact) mass is 225 g/mol. The molecule has 0 spiro atoms. The normalized spacial score (nSPS) is 12.1. The van der Waals surface area contributed by atoms with Crippen LogP contribution in [0.3, 0.4) is 0 Å². The van der Waals surface area contributed by atoms with Gasteiger partial charge in [0.1, 0.15) is 11.7 Å². The molecule has 1 atom stereocenters. The summed E-state index contributed by atoms with van der Waals surface area (Å²) < 4.78 is 0. The largest absolute Gasteiger partial charge is 0.341 e. The zero-order valence-electron chi connectivity index (χ0n) is 10.1. The number of hydrogen-bond acceptors (Lipinski definition) is 2. The Bertz CT molecular complexity index is 549. The van der Waals surface area contributed by atoms with Crippen LogP contribution < -0.4 is 0 Å². The summed E-state index contributed by atoms with van der Waals surface area (Å²) in [6.45, 7) is 4.05. The lowest BCUT2D eigenvalue weighted by Gasteiger charge is -2.01. The minimum absolute atomic E-state index is 0.145. The highest BCUT2D eigenvalue weighted by Gasteiger charge is 2.12. The van der Waals surface area contributed by atoms with Crippen LogP contribution in [0, 0.1) is 18.3 Å². The van der Waals surface area contributed by atoms with E-state index in [-0.39, 0.29) is 5.92 Å². The number of aromatic amines is 1. The fourth-order valence-corrected chi connectivity index (χ4v) is 1.82. The predicted molar refractivity (Wildman–Crippen MR) is 67.4 cm³/mol. The van der Waals surface area contributed by atoms with E-state index in [0.29, 0.717) is 0 Å². The maximum absolute atomic E-state index is 8.99. The molecule has 86 valence electrons. The predicted octanol–water partition coefficient (Wildman–Crippen LogP) is 3.40. The number of nitriles is 1. The molecule has 1 heterocycles. The number of benzene rings is 1. The number of imidazole rings is 1. The van der Waals surface area contributed by atoms with E-state index in [2.05, 4.69) is 35.1 Å². The Labute approximate surface area is 101 Å².